The van der Waals surface area contributed by atoms with E-state index in [2.05, 4.69) is 15.2 Å². The Morgan fingerprint density at radius 3 is 2.75 bits per heavy atom. The number of sulfonamides is 1. The molecule has 0 saturated carbocycles. The number of hydrogen-bond donors (Lipinski definition) is 1. The number of benzene rings is 2. The number of Topliss-reactive ketones (excluding diaryl/α,β-unsaturated/α-hetero) is 1. The monoisotopic (exact) mass is 414 g/mol. The molecule has 1 aromatic heterocycles. The second-order valence-corrected chi connectivity index (χ2v) is 9.32. The summed E-state index contributed by atoms with van der Waals surface area (Å²) in [4.78, 5) is 17.0. The topological polar surface area (TPSA) is 96.0 Å². The lowest BCUT2D eigenvalue weighted by Gasteiger charge is -2.16. The van der Waals surface area contributed by atoms with Crippen LogP contribution in [0, 0.1) is 0 Å². The maximum Gasteiger partial charge on any atom is 0.232 e. The van der Waals surface area contributed by atoms with E-state index >= 15 is 0 Å². The molecule has 1 aliphatic heterocycles. The highest BCUT2D eigenvalue weighted by Gasteiger charge is 2.26. The second-order valence-electron chi connectivity index (χ2n) is 6.47. The molecule has 28 heavy (non-hydrogen) atoms. The Kier molecular flexibility index (Phi) is 4.94. The first-order valence-corrected chi connectivity index (χ1v) is 11.5. The van der Waals surface area contributed by atoms with Gasteiger partial charge in [-0.25, -0.2) is 13.4 Å². The van der Waals surface area contributed by atoms with Gasteiger partial charge in [0.25, 0.3) is 0 Å². The molecule has 0 aliphatic carbocycles. The number of aromatic amines is 1. The van der Waals surface area contributed by atoms with Gasteiger partial charge in [-0.1, -0.05) is 42.1 Å². The Bertz CT molecular complexity index is 1130. The molecule has 3 aromatic rings. The van der Waals surface area contributed by atoms with Gasteiger partial charge in [0, 0.05) is 17.7 Å². The predicted octanol–water partition coefficient (Wildman–Crippen LogP) is 2.77. The van der Waals surface area contributed by atoms with Crippen LogP contribution in [0.3, 0.4) is 0 Å². The van der Waals surface area contributed by atoms with Crippen LogP contribution < -0.4 is 4.31 Å². The second kappa shape index (κ2) is 7.40. The minimum atomic E-state index is -3.29. The average Bonchev–Trinajstić information content (AvgIpc) is 3.33. The molecule has 1 N–H and O–H groups in total. The standard InChI is InChI=1S/C19H18N4O3S2/c1-28(25,26)23-10-9-14-11-15(7-8-16(14)23)17(24)12-27-19-20-18(21-22-19)13-5-3-2-4-6-13/h2-8,11H,9-10,12H2,1H3,(H,20,21,22). The third-order valence-corrected chi connectivity index (χ3v) is 6.53. The number of fused-ring (bicyclic) bond motifs is 1. The number of nitrogens with zero attached hydrogens (tertiary/aromatic N) is 3. The van der Waals surface area contributed by atoms with Gasteiger partial charge in [0.1, 0.15) is 0 Å². The van der Waals surface area contributed by atoms with E-state index in [4.69, 9.17) is 0 Å². The number of H-pyrrole nitrogens is 1. The molecule has 0 amide bonds. The number of carbonyl (C=O) groups is 1. The molecular formula is C19H18N4O3S2. The summed E-state index contributed by atoms with van der Waals surface area (Å²) in [6, 6.07) is 14.8. The predicted molar refractivity (Wildman–Crippen MR) is 109 cm³/mol. The fourth-order valence-corrected chi connectivity index (χ4v) is 4.79. The van der Waals surface area contributed by atoms with Gasteiger partial charge in [0.2, 0.25) is 15.2 Å². The normalized spacial score (nSPS) is 13.5. The molecular weight excluding hydrogens is 396 g/mol. The number of anilines is 1. The van der Waals surface area contributed by atoms with Crippen molar-refractivity contribution in [3.63, 3.8) is 0 Å². The summed E-state index contributed by atoms with van der Waals surface area (Å²) in [6.07, 6.45) is 1.80. The van der Waals surface area contributed by atoms with Gasteiger partial charge < -0.3 is 0 Å². The van der Waals surface area contributed by atoms with Crippen molar-refractivity contribution < 1.29 is 13.2 Å². The lowest BCUT2D eigenvalue weighted by atomic mass is 10.1. The van der Waals surface area contributed by atoms with Crippen molar-refractivity contribution in [2.75, 3.05) is 22.9 Å². The van der Waals surface area contributed by atoms with Gasteiger partial charge in [-0.15, -0.1) is 5.10 Å². The third-order valence-electron chi connectivity index (χ3n) is 4.50. The van der Waals surface area contributed by atoms with E-state index in [0.717, 1.165) is 11.1 Å². The molecule has 0 saturated heterocycles. The van der Waals surface area contributed by atoms with E-state index in [9.17, 15) is 13.2 Å². The van der Waals surface area contributed by atoms with Crippen LogP contribution in [0.4, 0.5) is 5.69 Å². The minimum absolute atomic E-state index is 0.0448. The van der Waals surface area contributed by atoms with Crippen LogP contribution in [-0.2, 0) is 16.4 Å². The lowest BCUT2D eigenvalue weighted by molar-refractivity contribution is 0.102. The first-order chi connectivity index (χ1) is 13.4. The van der Waals surface area contributed by atoms with Crippen molar-refractivity contribution in [1.29, 1.82) is 0 Å². The van der Waals surface area contributed by atoms with E-state index in [1.54, 1.807) is 18.2 Å². The van der Waals surface area contributed by atoms with Crippen molar-refractivity contribution in [3.05, 3.63) is 59.7 Å². The highest BCUT2D eigenvalue weighted by atomic mass is 32.2. The van der Waals surface area contributed by atoms with Gasteiger partial charge in [-0.2, -0.15) is 0 Å². The lowest BCUT2D eigenvalue weighted by Crippen LogP contribution is -2.27. The van der Waals surface area contributed by atoms with E-state index < -0.39 is 10.0 Å². The molecule has 0 fully saturated rings. The van der Waals surface area contributed by atoms with Gasteiger partial charge >= 0.3 is 0 Å². The summed E-state index contributed by atoms with van der Waals surface area (Å²) < 4.78 is 25.0. The van der Waals surface area contributed by atoms with Crippen LogP contribution in [0.15, 0.2) is 53.7 Å². The van der Waals surface area contributed by atoms with Gasteiger partial charge in [0.05, 0.1) is 17.7 Å². The Balaban J connectivity index is 1.43. The van der Waals surface area contributed by atoms with Crippen LogP contribution in [0.2, 0.25) is 0 Å². The van der Waals surface area contributed by atoms with Gasteiger partial charge in [-0.3, -0.25) is 14.2 Å². The fraction of sp³-hybridized carbons (Fsp3) is 0.211. The number of carbonyl (C=O) groups excluding carboxylic acids is 1. The number of nitrogens with one attached hydrogen (secondary N) is 1. The average molecular weight is 415 g/mol. The Hall–Kier alpha value is -2.65. The molecule has 0 atom stereocenters. The zero-order valence-electron chi connectivity index (χ0n) is 15.1. The summed E-state index contributed by atoms with van der Waals surface area (Å²) in [6.45, 7) is 0.417. The van der Waals surface area contributed by atoms with Crippen molar-refractivity contribution in [1.82, 2.24) is 15.2 Å². The maximum absolute atomic E-state index is 12.6. The van der Waals surface area contributed by atoms with Crippen molar-refractivity contribution in [3.8, 4) is 11.4 Å². The van der Waals surface area contributed by atoms with Crippen LogP contribution in [-0.4, -0.2) is 47.9 Å². The van der Waals surface area contributed by atoms with Crippen molar-refractivity contribution in [2.24, 2.45) is 0 Å². The van der Waals surface area contributed by atoms with Crippen LogP contribution in [0.1, 0.15) is 15.9 Å². The van der Waals surface area contributed by atoms with Gasteiger partial charge in [-0.05, 0) is 30.2 Å². The molecule has 144 valence electrons. The maximum atomic E-state index is 12.6. The Morgan fingerprint density at radius 2 is 2.00 bits per heavy atom. The zero-order valence-corrected chi connectivity index (χ0v) is 16.8. The number of rotatable bonds is 6. The summed E-state index contributed by atoms with van der Waals surface area (Å²) in [5, 5.41) is 7.55. The number of aromatic nitrogens is 3. The van der Waals surface area contributed by atoms with E-state index in [1.807, 2.05) is 30.3 Å². The third kappa shape index (κ3) is 3.81. The largest absolute Gasteiger partial charge is 0.293 e. The van der Waals surface area contributed by atoms with E-state index in [-0.39, 0.29) is 11.5 Å². The highest BCUT2D eigenvalue weighted by Crippen LogP contribution is 2.31. The summed E-state index contributed by atoms with van der Waals surface area (Å²) in [5.41, 5.74) is 3.04. The number of thioether (sulfide) groups is 1. The molecule has 9 heteroatoms. The zero-order chi connectivity index (χ0) is 19.7. The molecule has 2 aromatic carbocycles. The molecule has 7 nitrogen and oxygen atoms in total. The summed E-state index contributed by atoms with van der Waals surface area (Å²) in [5.74, 6) is 0.825. The van der Waals surface area contributed by atoms with Gasteiger partial charge in [0.15, 0.2) is 11.6 Å². The van der Waals surface area contributed by atoms with E-state index in [1.165, 1.54) is 22.3 Å². The molecule has 0 bridgehead atoms. The molecule has 0 unspecified atom stereocenters. The quantitative estimate of drug-likeness (QED) is 0.492. The minimum Gasteiger partial charge on any atom is -0.293 e. The van der Waals surface area contributed by atoms with Crippen LogP contribution >= 0.6 is 11.8 Å². The molecule has 1 aliphatic rings. The van der Waals surface area contributed by atoms with E-state index in [0.29, 0.717) is 35.2 Å². The number of hydrogen-bond acceptors (Lipinski definition) is 6. The fourth-order valence-electron chi connectivity index (χ4n) is 3.14. The summed E-state index contributed by atoms with van der Waals surface area (Å²) in [7, 11) is -3.29. The first-order valence-electron chi connectivity index (χ1n) is 8.66. The smallest absolute Gasteiger partial charge is 0.232 e. The van der Waals surface area contributed by atoms with Crippen molar-refractivity contribution >= 4 is 33.3 Å². The Morgan fingerprint density at radius 1 is 1.21 bits per heavy atom. The molecule has 2 heterocycles. The highest BCUT2D eigenvalue weighted by molar-refractivity contribution is 7.99. The van der Waals surface area contributed by atoms with Crippen LogP contribution in [0.5, 0.6) is 0 Å². The van der Waals surface area contributed by atoms with Crippen molar-refractivity contribution in [2.45, 2.75) is 11.6 Å². The molecule has 0 spiro atoms. The number of ketones is 1. The van der Waals surface area contributed by atoms with Crippen LogP contribution in [0.25, 0.3) is 11.4 Å². The summed E-state index contributed by atoms with van der Waals surface area (Å²) >= 11 is 1.27. The molecule has 0 radical (unpaired) electrons. The molecule has 4 rings (SSSR count). The SMILES string of the molecule is CS(=O)(=O)N1CCc2cc(C(=O)CSc3n[nH]c(-c4ccccc4)n3)ccc21. The Labute approximate surface area is 167 Å². The first kappa shape index (κ1) is 18.7.